The van der Waals surface area contributed by atoms with Crippen molar-refractivity contribution in [2.75, 3.05) is 20.3 Å². The highest BCUT2D eigenvalue weighted by molar-refractivity contribution is 7.91. The lowest BCUT2D eigenvalue weighted by molar-refractivity contribution is -0.137. The number of alkyl halides is 3. The summed E-state index contributed by atoms with van der Waals surface area (Å²) in [6.45, 7) is -0.576. The van der Waals surface area contributed by atoms with E-state index in [0.717, 1.165) is 18.2 Å². The highest BCUT2D eigenvalue weighted by Crippen LogP contribution is 2.39. The van der Waals surface area contributed by atoms with E-state index in [2.05, 4.69) is 0 Å². The summed E-state index contributed by atoms with van der Waals surface area (Å²) in [4.78, 5) is -0.205. The van der Waals surface area contributed by atoms with Gasteiger partial charge in [0, 0.05) is 6.07 Å². The number of hydrogen-bond donors (Lipinski definition) is 1. The van der Waals surface area contributed by atoms with Gasteiger partial charge in [-0.1, -0.05) is 11.6 Å². The van der Waals surface area contributed by atoms with Crippen LogP contribution in [0.2, 0.25) is 5.02 Å². The van der Waals surface area contributed by atoms with E-state index >= 15 is 0 Å². The van der Waals surface area contributed by atoms with Crippen LogP contribution in [0.1, 0.15) is 5.56 Å². The molecular weight excluding hydrogens is 485 g/mol. The predicted octanol–water partition coefficient (Wildman–Crippen LogP) is 5.36. The molecule has 0 atom stereocenters. The van der Waals surface area contributed by atoms with Crippen LogP contribution in [0.15, 0.2) is 70.5 Å². The SMILES string of the molecule is COc1ccc(S(=O)(=O)c2ccc(Oc3ccc(C(F)(F)F)cc3Cl)cc2OCCO)cc1. The predicted molar refractivity (Wildman–Crippen MR) is 114 cm³/mol. The monoisotopic (exact) mass is 502 g/mol. The first-order valence-electron chi connectivity index (χ1n) is 9.37. The maximum atomic E-state index is 13.1. The molecule has 33 heavy (non-hydrogen) atoms. The zero-order valence-corrected chi connectivity index (χ0v) is 18.7. The average molecular weight is 503 g/mol. The van der Waals surface area contributed by atoms with E-state index in [1.165, 1.54) is 49.6 Å². The minimum atomic E-state index is -4.56. The molecule has 0 aliphatic heterocycles. The topological polar surface area (TPSA) is 82.1 Å². The van der Waals surface area contributed by atoms with Crippen LogP contribution in [-0.2, 0) is 16.0 Å². The van der Waals surface area contributed by atoms with E-state index < -0.39 is 21.6 Å². The van der Waals surface area contributed by atoms with E-state index in [9.17, 15) is 21.6 Å². The fraction of sp³-hybridized carbons (Fsp3) is 0.182. The molecule has 0 amide bonds. The molecule has 3 aromatic rings. The Morgan fingerprint density at radius 3 is 2.18 bits per heavy atom. The molecule has 0 bridgehead atoms. The molecule has 0 unspecified atom stereocenters. The van der Waals surface area contributed by atoms with Gasteiger partial charge in [-0.2, -0.15) is 13.2 Å². The van der Waals surface area contributed by atoms with Crippen LogP contribution < -0.4 is 14.2 Å². The minimum Gasteiger partial charge on any atom is -0.497 e. The highest BCUT2D eigenvalue weighted by Gasteiger charge is 2.31. The molecule has 0 saturated carbocycles. The largest absolute Gasteiger partial charge is 0.497 e. The Morgan fingerprint density at radius 2 is 1.61 bits per heavy atom. The lowest BCUT2D eigenvalue weighted by atomic mass is 10.2. The first-order chi connectivity index (χ1) is 15.6. The first-order valence-corrected chi connectivity index (χ1v) is 11.2. The summed E-state index contributed by atoms with van der Waals surface area (Å²) < 4.78 is 80.7. The number of halogens is 4. The Balaban J connectivity index is 1.97. The highest BCUT2D eigenvalue weighted by atomic mass is 35.5. The zero-order chi connectivity index (χ0) is 24.2. The standard InChI is InChI=1S/C22H18ClF3O6S/c1-30-15-3-6-17(7-4-15)33(28,29)21-9-5-16(13-20(21)31-11-10-27)32-19-8-2-14(12-18(19)23)22(24,25)26/h2-9,12-13,27H,10-11H2,1H3. The Labute approximate surface area is 193 Å². The first kappa shape index (κ1) is 24.7. The number of ether oxygens (including phenoxy) is 3. The van der Waals surface area contributed by atoms with Crippen molar-refractivity contribution in [3.05, 3.63) is 71.2 Å². The molecule has 0 saturated heterocycles. The molecule has 0 aliphatic rings. The number of aliphatic hydroxyl groups is 1. The summed E-state index contributed by atoms with van der Waals surface area (Å²) in [5, 5.41) is 8.82. The van der Waals surface area contributed by atoms with Gasteiger partial charge < -0.3 is 19.3 Å². The molecule has 0 fully saturated rings. The maximum Gasteiger partial charge on any atom is 0.416 e. The summed E-state index contributed by atoms with van der Waals surface area (Å²) >= 11 is 5.92. The molecular formula is C22H18ClF3O6S. The Kier molecular flexibility index (Phi) is 7.41. The molecule has 0 spiro atoms. The van der Waals surface area contributed by atoms with Gasteiger partial charge in [-0.05, 0) is 54.6 Å². The molecule has 0 heterocycles. The Bertz CT molecular complexity index is 1230. The smallest absolute Gasteiger partial charge is 0.416 e. The van der Waals surface area contributed by atoms with Crippen LogP contribution in [0, 0.1) is 0 Å². The van der Waals surface area contributed by atoms with Crippen molar-refractivity contribution in [2.24, 2.45) is 0 Å². The van der Waals surface area contributed by atoms with Crippen molar-refractivity contribution >= 4 is 21.4 Å². The van der Waals surface area contributed by atoms with Gasteiger partial charge in [-0.3, -0.25) is 0 Å². The number of methoxy groups -OCH3 is 1. The van der Waals surface area contributed by atoms with Crippen molar-refractivity contribution < 1.29 is 40.9 Å². The van der Waals surface area contributed by atoms with Crippen molar-refractivity contribution in [1.82, 2.24) is 0 Å². The van der Waals surface area contributed by atoms with Gasteiger partial charge in [-0.15, -0.1) is 0 Å². The van der Waals surface area contributed by atoms with Gasteiger partial charge in [0.2, 0.25) is 9.84 Å². The van der Waals surface area contributed by atoms with Crippen LogP contribution in [0.25, 0.3) is 0 Å². The zero-order valence-electron chi connectivity index (χ0n) is 17.1. The lowest BCUT2D eigenvalue weighted by Crippen LogP contribution is -2.08. The summed E-state index contributed by atoms with van der Waals surface area (Å²) in [6.07, 6.45) is -4.56. The molecule has 1 N–H and O–H groups in total. The molecule has 3 rings (SSSR count). The van der Waals surface area contributed by atoms with Gasteiger partial charge in [0.15, 0.2) is 0 Å². The van der Waals surface area contributed by atoms with E-state index in [1.807, 2.05) is 0 Å². The van der Waals surface area contributed by atoms with E-state index in [1.54, 1.807) is 0 Å². The minimum absolute atomic E-state index is 0.0170. The number of aliphatic hydroxyl groups excluding tert-OH is 1. The normalized spacial score (nSPS) is 11.8. The van der Waals surface area contributed by atoms with Gasteiger partial charge in [0.1, 0.15) is 34.5 Å². The second kappa shape index (κ2) is 9.90. The molecule has 176 valence electrons. The quantitative estimate of drug-likeness (QED) is 0.446. The second-order valence-corrected chi connectivity index (χ2v) is 8.93. The third kappa shape index (κ3) is 5.70. The molecule has 6 nitrogen and oxygen atoms in total. The molecule has 0 radical (unpaired) electrons. The fourth-order valence-corrected chi connectivity index (χ4v) is 4.41. The van der Waals surface area contributed by atoms with Crippen LogP contribution in [0.5, 0.6) is 23.0 Å². The van der Waals surface area contributed by atoms with Gasteiger partial charge >= 0.3 is 6.18 Å². The van der Waals surface area contributed by atoms with Crippen molar-refractivity contribution in [1.29, 1.82) is 0 Å². The van der Waals surface area contributed by atoms with E-state index in [-0.39, 0.29) is 45.3 Å². The van der Waals surface area contributed by atoms with Crippen molar-refractivity contribution in [3.63, 3.8) is 0 Å². The molecule has 3 aromatic carbocycles. The van der Waals surface area contributed by atoms with Crippen LogP contribution in [0.4, 0.5) is 13.2 Å². The number of rotatable bonds is 8. The molecule has 11 heteroatoms. The molecule has 0 aliphatic carbocycles. The van der Waals surface area contributed by atoms with Crippen molar-refractivity contribution in [2.45, 2.75) is 16.0 Å². The number of sulfone groups is 1. The van der Waals surface area contributed by atoms with Crippen LogP contribution in [-0.4, -0.2) is 33.8 Å². The summed E-state index contributed by atoms with van der Waals surface area (Å²) in [6, 6.07) is 12.1. The Hall–Kier alpha value is -2.95. The summed E-state index contributed by atoms with van der Waals surface area (Å²) in [5.41, 5.74) is -0.937. The van der Waals surface area contributed by atoms with Crippen molar-refractivity contribution in [3.8, 4) is 23.0 Å². The lowest BCUT2D eigenvalue weighted by Gasteiger charge is -2.15. The Morgan fingerprint density at radius 1 is 0.939 bits per heavy atom. The summed E-state index contributed by atoms with van der Waals surface area (Å²) in [7, 11) is -2.56. The summed E-state index contributed by atoms with van der Waals surface area (Å²) in [5.74, 6) is 0.366. The average Bonchev–Trinajstić information content (AvgIpc) is 2.78. The van der Waals surface area contributed by atoms with Crippen LogP contribution >= 0.6 is 11.6 Å². The van der Waals surface area contributed by atoms with E-state index in [0.29, 0.717) is 5.75 Å². The van der Waals surface area contributed by atoms with Gasteiger partial charge in [0.25, 0.3) is 0 Å². The second-order valence-electron chi connectivity index (χ2n) is 6.60. The third-order valence-electron chi connectivity index (χ3n) is 4.41. The number of benzene rings is 3. The van der Waals surface area contributed by atoms with Gasteiger partial charge in [-0.25, -0.2) is 8.42 Å². The maximum absolute atomic E-state index is 13.1. The number of hydrogen-bond acceptors (Lipinski definition) is 6. The fourth-order valence-electron chi connectivity index (χ4n) is 2.81. The molecule has 0 aromatic heterocycles. The van der Waals surface area contributed by atoms with Crippen LogP contribution in [0.3, 0.4) is 0 Å². The third-order valence-corrected chi connectivity index (χ3v) is 6.51. The van der Waals surface area contributed by atoms with Gasteiger partial charge in [0.05, 0.1) is 29.2 Å². The van der Waals surface area contributed by atoms with E-state index in [4.69, 9.17) is 30.9 Å².